The van der Waals surface area contributed by atoms with Gasteiger partial charge in [-0.2, -0.15) is 0 Å². The number of esters is 1. The summed E-state index contributed by atoms with van der Waals surface area (Å²) in [6, 6.07) is 16.6. The highest BCUT2D eigenvalue weighted by Crippen LogP contribution is 2.37. The lowest BCUT2D eigenvalue weighted by molar-refractivity contribution is 0.0731. The minimum absolute atomic E-state index is 0.248. The summed E-state index contributed by atoms with van der Waals surface area (Å²) in [6.45, 7) is 16.8. The van der Waals surface area contributed by atoms with Crippen molar-refractivity contribution in [2.45, 2.75) is 67.2 Å². The van der Waals surface area contributed by atoms with Gasteiger partial charge in [-0.25, -0.2) is 4.79 Å². The molecule has 0 atom stereocenters. The maximum absolute atomic E-state index is 13.9. The van der Waals surface area contributed by atoms with Crippen LogP contribution in [0, 0.1) is 20.8 Å². The molecule has 33 heavy (non-hydrogen) atoms. The van der Waals surface area contributed by atoms with Crippen molar-refractivity contribution in [1.29, 1.82) is 0 Å². The molecule has 2 nitrogen and oxygen atoms in total. The van der Waals surface area contributed by atoms with Crippen molar-refractivity contribution in [2.24, 2.45) is 0 Å². The van der Waals surface area contributed by atoms with Crippen molar-refractivity contribution in [2.75, 3.05) is 0 Å². The van der Waals surface area contributed by atoms with Gasteiger partial charge in [-0.3, -0.25) is 0 Å². The monoisotopic (exact) mass is 440 g/mol. The minimum atomic E-state index is -0.312. The van der Waals surface area contributed by atoms with Crippen LogP contribution >= 0.6 is 0 Å². The van der Waals surface area contributed by atoms with Gasteiger partial charge in [-0.1, -0.05) is 93.9 Å². The topological polar surface area (TPSA) is 26.3 Å². The van der Waals surface area contributed by atoms with Crippen LogP contribution in [-0.2, 0) is 0 Å². The van der Waals surface area contributed by atoms with E-state index in [2.05, 4.69) is 78.8 Å². The van der Waals surface area contributed by atoms with Crippen molar-refractivity contribution in [3.05, 3.63) is 93.6 Å². The molecule has 172 valence electrons. The van der Waals surface area contributed by atoms with E-state index in [0.29, 0.717) is 11.3 Å². The van der Waals surface area contributed by atoms with Gasteiger partial charge in [-0.05, 0) is 78.5 Å². The Bertz CT molecular complexity index is 1150. The van der Waals surface area contributed by atoms with E-state index in [-0.39, 0.29) is 17.8 Å². The molecule has 0 aliphatic carbocycles. The van der Waals surface area contributed by atoms with Gasteiger partial charge in [0.1, 0.15) is 5.75 Å². The first kappa shape index (κ1) is 24.5. The van der Waals surface area contributed by atoms with Gasteiger partial charge in [-0.15, -0.1) is 0 Å². The summed E-state index contributed by atoms with van der Waals surface area (Å²) in [6.07, 6.45) is 3.95. The van der Waals surface area contributed by atoms with E-state index in [9.17, 15) is 4.79 Å². The number of para-hydroxylation sites is 1. The van der Waals surface area contributed by atoms with E-state index < -0.39 is 0 Å². The summed E-state index contributed by atoms with van der Waals surface area (Å²) >= 11 is 0. The zero-order valence-corrected chi connectivity index (χ0v) is 21.2. The predicted molar refractivity (Wildman–Crippen MR) is 140 cm³/mol. The van der Waals surface area contributed by atoms with Crippen LogP contribution in [0.3, 0.4) is 0 Å². The fourth-order valence-corrected chi connectivity index (χ4v) is 4.67. The molecule has 0 heterocycles. The van der Waals surface area contributed by atoms with E-state index >= 15 is 0 Å². The van der Waals surface area contributed by atoms with E-state index in [1.807, 2.05) is 37.3 Å². The Hall–Kier alpha value is -3.13. The first-order valence-corrected chi connectivity index (χ1v) is 11.8. The highest BCUT2D eigenvalue weighted by molar-refractivity contribution is 6.03. The van der Waals surface area contributed by atoms with E-state index in [4.69, 9.17) is 4.74 Å². The zero-order valence-electron chi connectivity index (χ0n) is 21.2. The third-order valence-corrected chi connectivity index (χ3v) is 6.11. The highest BCUT2D eigenvalue weighted by atomic mass is 16.5. The number of allylic oxidation sites excluding steroid dienone is 1. The average Bonchev–Trinajstić information content (AvgIpc) is 2.73. The number of carbonyl (C=O) groups excluding carboxylic acids is 1. The van der Waals surface area contributed by atoms with E-state index in [1.54, 1.807) is 0 Å². The van der Waals surface area contributed by atoms with Crippen LogP contribution in [0.15, 0.2) is 54.6 Å². The lowest BCUT2D eigenvalue weighted by atomic mass is 9.88. The summed E-state index contributed by atoms with van der Waals surface area (Å²) in [4.78, 5) is 13.9. The molecule has 0 spiro atoms. The molecule has 0 aliphatic rings. The van der Waals surface area contributed by atoms with Crippen LogP contribution in [0.2, 0.25) is 0 Å². The number of ether oxygens (including phenoxy) is 1. The Morgan fingerprint density at radius 3 is 1.91 bits per heavy atom. The van der Waals surface area contributed by atoms with Crippen molar-refractivity contribution in [3.63, 3.8) is 0 Å². The lowest BCUT2D eigenvalue weighted by Gasteiger charge is -2.21. The molecule has 0 saturated carbocycles. The molecular formula is C31H36O2. The van der Waals surface area contributed by atoms with Gasteiger partial charge in [0, 0.05) is 0 Å². The predicted octanol–water partition coefficient (Wildman–Crippen LogP) is 8.78. The fraction of sp³-hybridized carbons (Fsp3) is 0.323. The molecule has 0 saturated heterocycles. The zero-order chi connectivity index (χ0) is 24.3. The van der Waals surface area contributed by atoms with E-state index in [0.717, 1.165) is 38.9 Å². The third kappa shape index (κ3) is 5.11. The molecule has 3 rings (SSSR count). The Labute approximate surface area is 199 Å². The molecule has 3 aromatic carbocycles. The normalized spacial score (nSPS) is 11.6. The molecule has 0 radical (unpaired) electrons. The molecular weight excluding hydrogens is 404 g/mol. The Morgan fingerprint density at radius 2 is 1.39 bits per heavy atom. The molecule has 3 aromatic rings. The van der Waals surface area contributed by atoms with Gasteiger partial charge in [0.15, 0.2) is 0 Å². The second kappa shape index (κ2) is 10.2. The van der Waals surface area contributed by atoms with Crippen molar-refractivity contribution >= 4 is 12.0 Å². The molecule has 0 aliphatic heterocycles. The SMILES string of the molecule is C/C=C/c1cccc(-c2c(C)cc(C)cc2C)c1C(=O)Oc1c(C(C)C)cccc1C(C)C. The molecule has 0 fully saturated rings. The summed E-state index contributed by atoms with van der Waals surface area (Å²) in [5, 5.41) is 0. The van der Waals surface area contributed by atoms with Crippen molar-refractivity contribution in [3.8, 4) is 16.9 Å². The Morgan fingerprint density at radius 1 is 0.848 bits per heavy atom. The van der Waals surface area contributed by atoms with Crippen LogP contribution in [0.5, 0.6) is 5.75 Å². The Kier molecular flexibility index (Phi) is 7.58. The summed E-state index contributed by atoms with van der Waals surface area (Å²) in [5.41, 5.74) is 9.14. The lowest BCUT2D eigenvalue weighted by Crippen LogP contribution is -2.15. The average molecular weight is 441 g/mol. The molecule has 2 heteroatoms. The van der Waals surface area contributed by atoms with Crippen molar-refractivity contribution in [1.82, 2.24) is 0 Å². The maximum Gasteiger partial charge on any atom is 0.344 e. The Balaban J connectivity index is 2.24. The number of carbonyl (C=O) groups is 1. The van der Waals surface area contributed by atoms with Gasteiger partial charge in [0.05, 0.1) is 5.56 Å². The largest absolute Gasteiger partial charge is 0.422 e. The molecule has 0 aromatic heterocycles. The summed E-state index contributed by atoms with van der Waals surface area (Å²) in [5.74, 6) is 0.885. The quantitative estimate of drug-likeness (QED) is 0.283. The maximum atomic E-state index is 13.9. The van der Waals surface area contributed by atoms with E-state index in [1.165, 1.54) is 5.56 Å². The van der Waals surface area contributed by atoms with Gasteiger partial charge in [0.25, 0.3) is 0 Å². The summed E-state index contributed by atoms with van der Waals surface area (Å²) < 4.78 is 6.27. The molecule has 0 bridgehead atoms. The van der Waals surface area contributed by atoms with Gasteiger partial charge < -0.3 is 4.74 Å². The minimum Gasteiger partial charge on any atom is -0.422 e. The second-order valence-corrected chi connectivity index (χ2v) is 9.51. The molecule has 0 unspecified atom stereocenters. The van der Waals surface area contributed by atoms with Crippen LogP contribution in [-0.4, -0.2) is 5.97 Å². The number of rotatable bonds is 6. The first-order valence-electron chi connectivity index (χ1n) is 11.8. The number of hydrogen-bond acceptors (Lipinski definition) is 2. The first-order chi connectivity index (χ1) is 15.6. The number of aryl methyl sites for hydroxylation is 3. The third-order valence-electron chi connectivity index (χ3n) is 6.11. The molecule has 0 amide bonds. The van der Waals surface area contributed by atoms with Crippen LogP contribution < -0.4 is 4.74 Å². The van der Waals surface area contributed by atoms with Gasteiger partial charge >= 0.3 is 5.97 Å². The fourth-order valence-electron chi connectivity index (χ4n) is 4.67. The van der Waals surface area contributed by atoms with Crippen LogP contribution in [0.1, 0.15) is 90.2 Å². The van der Waals surface area contributed by atoms with Crippen LogP contribution in [0.4, 0.5) is 0 Å². The van der Waals surface area contributed by atoms with Crippen LogP contribution in [0.25, 0.3) is 17.2 Å². The number of hydrogen-bond donors (Lipinski definition) is 0. The number of benzene rings is 3. The molecule has 0 N–H and O–H groups in total. The second-order valence-electron chi connectivity index (χ2n) is 9.51. The standard InChI is InChI=1S/C31H36O2/c1-9-12-24-13-10-16-27(28-22(7)17-21(6)18-23(28)8)29(24)31(32)33-30-25(19(2)3)14-11-15-26(30)20(4)5/h9-20H,1-8H3/b12-9+. The highest BCUT2D eigenvalue weighted by Gasteiger charge is 2.24. The smallest absolute Gasteiger partial charge is 0.344 e. The van der Waals surface area contributed by atoms with Gasteiger partial charge in [0.2, 0.25) is 0 Å². The van der Waals surface area contributed by atoms with Crippen molar-refractivity contribution < 1.29 is 9.53 Å². The summed E-state index contributed by atoms with van der Waals surface area (Å²) in [7, 11) is 0.